The first-order valence-electron chi connectivity index (χ1n) is 5.36. The Hall–Kier alpha value is -1.24. The number of rotatable bonds is 5. The zero-order valence-electron chi connectivity index (χ0n) is 10.2. The first kappa shape index (κ1) is 12.2. The molecule has 5 nitrogen and oxygen atoms in total. The van der Waals surface area contributed by atoms with E-state index in [9.17, 15) is 0 Å². The molecule has 6 heteroatoms. The van der Waals surface area contributed by atoms with Crippen LogP contribution in [0.2, 0.25) is 0 Å². The number of hydrogen-bond donors (Lipinski definition) is 1. The van der Waals surface area contributed by atoms with Crippen molar-refractivity contribution in [3.63, 3.8) is 0 Å². The molecule has 1 N–H and O–H groups in total. The van der Waals surface area contributed by atoms with Crippen LogP contribution in [0.1, 0.15) is 10.6 Å². The van der Waals surface area contributed by atoms with Crippen molar-refractivity contribution in [1.82, 2.24) is 19.9 Å². The smallest absolute Gasteiger partial charge is 0.168 e. The van der Waals surface area contributed by atoms with Crippen molar-refractivity contribution < 1.29 is 4.74 Å². The van der Waals surface area contributed by atoms with Crippen LogP contribution in [0.25, 0.3) is 10.8 Å². The average Bonchev–Trinajstić information content (AvgIpc) is 2.87. The van der Waals surface area contributed by atoms with Crippen LogP contribution in [0.4, 0.5) is 0 Å². The summed E-state index contributed by atoms with van der Waals surface area (Å²) in [5.41, 5.74) is 0.991. The van der Waals surface area contributed by atoms with Crippen molar-refractivity contribution in [2.24, 2.45) is 7.05 Å². The summed E-state index contributed by atoms with van der Waals surface area (Å²) in [6.07, 6.45) is 3.70. The number of methoxy groups -OCH3 is 1. The van der Waals surface area contributed by atoms with Crippen LogP contribution in [-0.2, 0) is 24.9 Å². The first-order valence-corrected chi connectivity index (χ1v) is 6.17. The van der Waals surface area contributed by atoms with Crippen LogP contribution < -0.4 is 5.32 Å². The highest BCUT2D eigenvalue weighted by Crippen LogP contribution is 2.27. The van der Waals surface area contributed by atoms with E-state index in [4.69, 9.17) is 4.74 Å². The Bertz CT molecular complexity index is 468. The SMILES string of the molecule is CNCc1sc(-c2nccn2C)nc1COC. The van der Waals surface area contributed by atoms with Crippen molar-refractivity contribution in [2.75, 3.05) is 14.2 Å². The van der Waals surface area contributed by atoms with Crippen LogP contribution in [0.3, 0.4) is 0 Å². The molecule has 0 saturated carbocycles. The summed E-state index contributed by atoms with van der Waals surface area (Å²) >= 11 is 1.66. The van der Waals surface area contributed by atoms with E-state index in [0.29, 0.717) is 6.61 Å². The second-order valence-corrected chi connectivity index (χ2v) is 4.80. The second-order valence-electron chi connectivity index (χ2n) is 3.71. The highest BCUT2D eigenvalue weighted by Gasteiger charge is 2.14. The Kier molecular flexibility index (Phi) is 3.88. The molecule has 0 bridgehead atoms. The predicted molar refractivity (Wildman–Crippen MR) is 67.8 cm³/mol. The molecule has 0 spiro atoms. The lowest BCUT2D eigenvalue weighted by Gasteiger charge is -1.98. The lowest BCUT2D eigenvalue weighted by Crippen LogP contribution is -2.06. The van der Waals surface area contributed by atoms with E-state index in [-0.39, 0.29) is 0 Å². The third-order valence-corrected chi connectivity index (χ3v) is 3.50. The fraction of sp³-hybridized carbons (Fsp3) is 0.455. The van der Waals surface area contributed by atoms with E-state index in [0.717, 1.165) is 23.1 Å². The maximum Gasteiger partial charge on any atom is 0.168 e. The van der Waals surface area contributed by atoms with Gasteiger partial charge in [-0.1, -0.05) is 0 Å². The number of aromatic nitrogens is 3. The highest BCUT2D eigenvalue weighted by molar-refractivity contribution is 7.15. The predicted octanol–water partition coefficient (Wildman–Crippen LogP) is 1.41. The van der Waals surface area contributed by atoms with Crippen molar-refractivity contribution in [2.45, 2.75) is 13.2 Å². The first-order chi connectivity index (χ1) is 8.26. The molecule has 2 rings (SSSR count). The van der Waals surface area contributed by atoms with Gasteiger partial charge in [0.25, 0.3) is 0 Å². The van der Waals surface area contributed by atoms with Crippen LogP contribution in [0.15, 0.2) is 12.4 Å². The minimum absolute atomic E-state index is 0.540. The molecule has 0 aliphatic heterocycles. The molecule has 0 atom stereocenters. The summed E-state index contributed by atoms with van der Waals surface area (Å²) in [6.45, 7) is 1.35. The van der Waals surface area contributed by atoms with Gasteiger partial charge in [0.05, 0.1) is 12.3 Å². The summed E-state index contributed by atoms with van der Waals surface area (Å²) < 4.78 is 7.14. The third kappa shape index (κ3) is 2.54. The molecule has 0 radical (unpaired) electrons. The monoisotopic (exact) mass is 252 g/mol. The highest BCUT2D eigenvalue weighted by atomic mass is 32.1. The van der Waals surface area contributed by atoms with Gasteiger partial charge in [-0.2, -0.15) is 0 Å². The number of thiazole rings is 1. The van der Waals surface area contributed by atoms with Crippen molar-refractivity contribution in [1.29, 1.82) is 0 Å². The van der Waals surface area contributed by atoms with Gasteiger partial charge in [0.1, 0.15) is 0 Å². The lowest BCUT2D eigenvalue weighted by molar-refractivity contribution is 0.181. The average molecular weight is 252 g/mol. The Morgan fingerprint density at radius 3 is 2.94 bits per heavy atom. The van der Waals surface area contributed by atoms with Crippen LogP contribution >= 0.6 is 11.3 Å². The Labute approximate surface area is 104 Å². The molecule has 0 saturated heterocycles. The van der Waals surface area contributed by atoms with Gasteiger partial charge >= 0.3 is 0 Å². The van der Waals surface area contributed by atoms with Crippen molar-refractivity contribution in [3.8, 4) is 10.8 Å². The summed E-state index contributed by atoms with van der Waals surface area (Å²) in [7, 11) is 5.58. The molecule has 0 aliphatic carbocycles. The van der Waals surface area contributed by atoms with Crippen molar-refractivity contribution >= 4 is 11.3 Å². The molecule has 2 aromatic heterocycles. The van der Waals surface area contributed by atoms with Gasteiger partial charge in [0, 0.05) is 38.0 Å². The molecule has 92 valence electrons. The molecule has 0 amide bonds. The molecular formula is C11H16N4OS. The molecule has 2 aromatic rings. The second kappa shape index (κ2) is 5.39. The molecule has 0 unspecified atom stereocenters. The minimum Gasteiger partial charge on any atom is -0.378 e. The summed E-state index contributed by atoms with van der Waals surface area (Å²) in [4.78, 5) is 10.1. The zero-order chi connectivity index (χ0) is 12.3. The molecule has 0 aliphatic rings. The molecular weight excluding hydrogens is 236 g/mol. The maximum absolute atomic E-state index is 5.16. The van der Waals surface area contributed by atoms with Crippen LogP contribution in [0, 0.1) is 0 Å². The van der Waals surface area contributed by atoms with E-state index < -0.39 is 0 Å². The van der Waals surface area contributed by atoms with E-state index in [1.165, 1.54) is 4.88 Å². The Morgan fingerprint density at radius 1 is 1.53 bits per heavy atom. The van der Waals surface area contributed by atoms with Gasteiger partial charge in [0.2, 0.25) is 0 Å². The Balaban J connectivity index is 2.36. The van der Waals surface area contributed by atoms with Gasteiger partial charge < -0.3 is 14.6 Å². The quantitative estimate of drug-likeness (QED) is 0.874. The van der Waals surface area contributed by atoms with Gasteiger partial charge in [-0.3, -0.25) is 0 Å². The van der Waals surface area contributed by atoms with Gasteiger partial charge in [-0.25, -0.2) is 9.97 Å². The minimum atomic E-state index is 0.540. The number of ether oxygens (including phenoxy) is 1. The summed E-state index contributed by atoms with van der Waals surface area (Å²) in [5, 5.41) is 4.08. The van der Waals surface area contributed by atoms with Crippen LogP contribution in [0.5, 0.6) is 0 Å². The molecule has 0 aromatic carbocycles. The lowest BCUT2D eigenvalue weighted by atomic mass is 10.4. The summed E-state index contributed by atoms with van der Waals surface area (Å²) in [5.74, 6) is 0.898. The third-order valence-electron chi connectivity index (χ3n) is 2.41. The Morgan fingerprint density at radius 2 is 2.35 bits per heavy atom. The topological polar surface area (TPSA) is 52.0 Å². The van der Waals surface area contributed by atoms with E-state index in [2.05, 4.69) is 15.3 Å². The zero-order valence-corrected chi connectivity index (χ0v) is 11.0. The maximum atomic E-state index is 5.16. The fourth-order valence-electron chi connectivity index (χ4n) is 1.60. The van der Waals surface area contributed by atoms with Crippen LogP contribution in [-0.4, -0.2) is 28.7 Å². The van der Waals surface area contributed by atoms with Gasteiger partial charge in [-0.05, 0) is 7.05 Å². The van der Waals surface area contributed by atoms with Gasteiger partial charge in [0.15, 0.2) is 10.8 Å². The molecule has 2 heterocycles. The molecule has 17 heavy (non-hydrogen) atoms. The van der Waals surface area contributed by atoms with Gasteiger partial charge in [-0.15, -0.1) is 11.3 Å². The van der Waals surface area contributed by atoms with E-state index in [1.54, 1.807) is 24.6 Å². The summed E-state index contributed by atoms with van der Waals surface area (Å²) in [6, 6.07) is 0. The number of nitrogens with zero attached hydrogens (tertiary/aromatic N) is 3. The van der Waals surface area contributed by atoms with E-state index >= 15 is 0 Å². The number of nitrogens with one attached hydrogen (secondary N) is 1. The normalized spacial score (nSPS) is 11.0. The number of hydrogen-bond acceptors (Lipinski definition) is 5. The van der Waals surface area contributed by atoms with Crippen molar-refractivity contribution in [3.05, 3.63) is 23.0 Å². The number of aryl methyl sites for hydroxylation is 1. The standard InChI is InChI=1S/C11H16N4OS/c1-12-6-9-8(7-16-3)14-11(17-9)10-13-4-5-15(10)2/h4-5,12H,6-7H2,1-3H3. The fourth-order valence-corrected chi connectivity index (χ4v) is 2.71. The largest absolute Gasteiger partial charge is 0.378 e. The molecule has 0 fully saturated rings. The van der Waals surface area contributed by atoms with E-state index in [1.807, 2.05) is 24.9 Å². The number of imidazole rings is 1.